The fourth-order valence-electron chi connectivity index (χ4n) is 3.37. The summed E-state index contributed by atoms with van der Waals surface area (Å²) in [4.78, 5) is 7.05. The average molecular weight is 322 g/mol. The van der Waals surface area contributed by atoms with Crippen LogP contribution < -0.4 is 0 Å². The van der Waals surface area contributed by atoms with Crippen molar-refractivity contribution in [2.45, 2.75) is 53.0 Å². The van der Waals surface area contributed by atoms with E-state index in [4.69, 9.17) is 0 Å². The third-order valence-corrected chi connectivity index (χ3v) is 5.32. The molecule has 0 unspecified atom stereocenters. The molecule has 0 N–H and O–H groups in total. The Morgan fingerprint density at radius 3 is 2.29 bits per heavy atom. The molecule has 2 aromatic rings. The molecule has 128 valence electrons. The third-order valence-electron chi connectivity index (χ3n) is 5.32. The molecule has 24 heavy (non-hydrogen) atoms. The van der Waals surface area contributed by atoms with Crippen molar-refractivity contribution in [3.05, 3.63) is 53.9 Å². The van der Waals surface area contributed by atoms with Crippen LogP contribution in [0.25, 0.3) is 11.1 Å². The van der Waals surface area contributed by atoms with E-state index in [0.29, 0.717) is 11.3 Å². The topological polar surface area (TPSA) is 16.1 Å². The summed E-state index contributed by atoms with van der Waals surface area (Å²) < 4.78 is 0. The first-order valence-corrected chi connectivity index (χ1v) is 9.20. The molecule has 2 heteroatoms. The molecule has 1 aliphatic heterocycles. The molecule has 0 radical (unpaired) electrons. The van der Waals surface area contributed by atoms with E-state index in [0.717, 1.165) is 6.54 Å². The molecule has 1 aromatic carbocycles. The predicted octanol–water partition coefficient (Wildman–Crippen LogP) is 5.49. The van der Waals surface area contributed by atoms with Crippen molar-refractivity contribution >= 4 is 0 Å². The van der Waals surface area contributed by atoms with Gasteiger partial charge in [-0.1, -0.05) is 52.0 Å². The third kappa shape index (κ3) is 4.24. The van der Waals surface area contributed by atoms with Crippen molar-refractivity contribution in [1.82, 2.24) is 9.88 Å². The fraction of sp³-hybridized carbons (Fsp3) is 0.500. The lowest BCUT2D eigenvalue weighted by molar-refractivity contribution is 0.127. The summed E-state index contributed by atoms with van der Waals surface area (Å²) in [5.74, 6) is 0.576. The Morgan fingerprint density at radius 2 is 1.67 bits per heavy atom. The number of pyridine rings is 1. The molecule has 3 rings (SSSR count). The zero-order valence-corrected chi connectivity index (χ0v) is 15.5. The summed E-state index contributed by atoms with van der Waals surface area (Å²) in [7, 11) is 0. The molecular weight excluding hydrogens is 292 g/mol. The van der Waals surface area contributed by atoms with Gasteiger partial charge in [-0.05, 0) is 60.0 Å². The number of rotatable bonds is 4. The van der Waals surface area contributed by atoms with Crippen LogP contribution in [0.4, 0.5) is 0 Å². The van der Waals surface area contributed by atoms with E-state index < -0.39 is 0 Å². The molecule has 0 amide bonds. The molecule has 0 bridgehead atoms. The van der Waals surface area contributed by atoms with Crippen LogP contribution >= 0.6 is 0 Å². The minimum Gasteiger partial charge on any atom is -0.299 e. The monoisotopic (exact) mass is 322 g/mol. The van der Waals surface area contributed by atoms with Crippen molar-refractivity contribution in [2.24, 2.45) is 5.41 Å². The summed E-state index contributed by atoms with van der Waals surface area (Å²) in [6.07, 6.45) is 6.58. The lowest BCUT2D eigenvalue weighted by Gasteiger charge is -2.36. The Labute approximate surface area is 146 Å². The van der Waals surface area contributed by atoms with Crippen LogP contribution in [0, 0.1) is 5.41 Å². The van der Waals surface area contributed by atoms with Crippen LogP contribution in [0.1, 0.15) is 57.6 Å². The van der Waals surface area contributed by atoms with Crippen molar-refractivity contribution in [1.29, 1.82) is 0 Å². The molecule has 1 saturated heterocycles. The summed E-state index contributed by atoms with van der Waals surface area (Å²) in [6.45, 7) is 12.6. The highest BCUT2D eigenvalue weighted by Gasteiger charge is 2.25. The molecule has 0 spiro atoms. The van der Waals surface area contributed by atoms with Crippen LogP contribution in [0.5, 0.6) is 0 Å². The second-order valence-corrected chi connectivity index (χ2v) is 8.30. The lowest BCUT2D eigenvalue weighted by atomic mass is 9.82. The number of benzene rings is 1. The summed E-state index contributed by atoms with van der Waals surface area (Å²) >= 11 is 0. The largest absolute Gasteiger partial charge is 0.299 e. The molecule has 1 aromatic heterocycles. The van der Waals surface area contributed by atoms with Gasteiger partial charge in [-0.25, -0.2) is 0 Å². The second-order valence-electron chi connectivity index (χ2n) is 8.30. The van der Waals surface area contributed by atoms with Crippen molar-refractivity contribution < 1.29 is 0 Å². The van der Waals surface area contributed by atoms with Crippen molar-refractivity contribution in [3.8, 4) is 11.1 Å². The van der Waals surface area contributed by atoms with Crippen molar-refractivity contribution in [2.75, 3.05) is 13.1 Å². The molecule has 2 nitrogen and oxygen atoms in total. The molecule has 0 atom stereocenters. The Morgan fingerprint density at radius 1 is 1.00 bits per heavy atom. The van der Waals surface area contributed by atoms with Gasteiger partial charge in [-0.3, -0.25) is 9.88 Å². The summed E-state index contributed by atoms with van der Waals surface area (Å²) in [5, 5.41) is 0. The number of hydrogen-bond donors (Lipinski definition) is 0. The lowest BCUT2D eigenvalue weighted by Crippen LogP contribution is -2.36. The fourth-order valence-corrected chi connectivity index (χ4v) is 3.37. The van der Waals surface area contributed by atoms with E-state index in [-0.39, 0.29) is 0 Å². The molecule has 2 heterocycles. The first-order valence-electron chi connectivity index (χ1n) is 9.20. The first kappa shape index (κ1) is 17.2. The van der Waals surface area contributed by atoms with E-state index in [9.17, 15) is 0 Å². The predicted molar refractivity (Wildman–Crippen MR) is 102 cm³/mol. The minimum atomic E-state index is 0.509. The maximum absolute atomic E-state index is 4.49. The van der Waals surface area contributed by atoms with Gasteiger partial charge in [0.15, 0.2) is 0 Å². The molecule has 0 saturated carbocycles. The van der Waals surface area contributed by atoms with E-state index >= 15 is 0 Å². The quantitative estimate of drug-likeness (QED) is 0.739. The molecule has 1 aliphatic rings. The zero-order chi connectivity index (χ0) is 17.2. The highest BCUT2D eigenvalue weighted by molar-refractivity contribution is 5.63. The van der Waals surface area contributed by atoms with Crippen LogP contribution in [-0.2, 0) is 6.54 Å². The van der Waals surface area contributed by atoms with Crippen LogP contribution in [-0.4, -0.2) is 23.0 Å². The second kappa shape index (κ2) is 7.06. The van der Waals surface area contributed by atoms with Gasteiger partial charge in [0.25, 0.3) is 0 Å². The van der Waals surface area contributed by atoms with Crippen LogP contribution in [0.3, 0.4) is 0 Å². The van der Waals surface area contributed by atoms with Gasteiger partial charge in [0.2, 0.25) is 0 Å². The van der Waals surface area contributed by atoms with Gasteiger partial charge in [0.05, 0.1) is 0 Å². The SMILES string of the molecule is CC(C)c1ccc(-c2cncc(CN3CCC(C)(C)CC3)c2)cc1. The van der Waals surface area contributed by atoms with E-state index in [1.807, 2.05) is 12.4 Å². The van der Waals surface area contributed by atoms with Gasteiger partial charge in [-0.2, -0.15) is 0 Å². The average Bonchev–Trinajstić information content (AvgIpc) is 2.57. The summed E-state index contributed by atoms with van der Waals surface area (Å²) in [6, 6.07) is 11.2. The maximum Gasteiger partial charge on any atom is 0.0346 e. The standard InChI is InChI=1S/C22H30N2/c1-17(2)19-5-7-20(8-6-19)21-13-18(14-23-15-21)16-24-11-9-22(3,4)10-12-24/h5-8,13-15,17H,9-12,16H2,1-4H3. The van der Waals surface area contributed by atoms with Crippen molar-refractivity contribution in [3.63, 3.8) is 0 Å². The van der Waals surface area contributed by atoms with Crippen LogP contribution in [0.2, 0.25) is 0 Å². The van der Waals surface area contributed by atoms with Gasteiger partial charge in [0.1, 0.15) is 0 Å². The molecule has 1 fully saturated rings. The van der Waals surface area contributed by atoms with Gasteiger partial charge < -0.3 is 0 Å². The number of aromatic nitrogens is 1. The summed E-state index contributed by atoms with van der Waals surface area (Å²) in [5.41, 5.74) is 5.70. The van der Waals surface area contributed by atoms with Gasteiger partial charge in [0, 0.05) is 24.5 Å². The number of likely N-dealkylation sites (tertiary alicyclic amines) is 1. The molecular formula is C22H30N2. The maximum atomic E-state index is 4.49. The number of hydrogen-bond acceptors (Lipinski definition) is 2. The van der Waals surface area contributed by atoms with E-state index in [1.54, 1.807) is 0 Å². The highest BCUT2D eigenvalue weighted by Crippen LogP contribution is 2.30. The highest BCUT2D eigenvalue weighted by atomic mass is 15.1. The minimum absolute atomic E-state index is 0.509. The van der Waals surface area contributed by atoms with Crippen LogP contribution in [0.15, 0.2) is 42.7 Å². The Bertz CT molecular complexity index is 661. The van der Waals surface area contributed by atoms with E-state index in [2.05, 4.69) is 67.9 Å². The van der Waals surface area contributed by atoms with Gasteiger partial charge >= 0.3 is 0 Å². The smallest absolute Gasteiger partial charge is 0.0346 e. The Kier molecular flexibility index (Phi) is 5.05. The normalized spacial score (nSPS) is 18.0. The van der Waals surface area contributed by atoms with E-state index in [1.165, 1.54) is 48.2 Å². The number of piperidine rings is 1. The Balaban J connectivity index is 1.70. The first-order chi connectivity index (χ1) is 11.4. The Hall–Kier alpha value is -1.67. The zero-order valence-electron chi connectivity index (χ0n) is 15.5. The number of nitrogens with zero attached hydrogens (tertiary/aromatic N) is 2. The molecule has 0 aliphatic carbocycles. The van der Waals surface area contributed by atoms with Gasteiger partial charge in [-0.15, -0.1) is 0 Å².